The standard InChI is InChI=1S/C22H24ClNO2/c1-2-20(17-8-10-18(23)11-9-17)21(14-16-6-4-3-5-7-16)22-15-19(25)12-13-24(22)26-22/h3-11,19,25H,2,12-15H2,1H3/b21-20+. The van der Waals surface area contributed by atoms with Gasteiger partial charge < -0.3 is 5.11 Å². The predicted octanol–water partition coefficient (Wildman–Crippen LogP) is 4.84. The summed E-state index contributed by atoms with van der Waals surface area (Å²) in [4.78, 5) is 6.09. The molecule has 0 bridgehead atoms. The number of allylic oxidation sites excluding steroid dienone is 1. The maximum atomic E-state index is 10.3. The average molecular weight is 370 g/mol. The Kier molecular flexibility index (Phi) is 4.89. The van der Waals surface area contributed by atoms with Crippen molar-refractivity contribution in [3.63, 3.8) is 0 Å². The van der Waals surface area contributed by atoms with Gasteiger partial charge in [-0.05, 0) is 53.7 Å². The van der Waals surface area contributed by atoms with Gasteiger partial charge in [0.1, 0.15) is 0 Å². The summed E-state index contributed by atoms with van der Waals surface area (Å²) in [5.74, 6) is 0. The first-order chi connectivity index (χ1) is 12.6. The minimum Gasteiger partial charge on any atom is -0.393 e. The number of hydrogen-bond donors (Lipinski definition) is 1. The van der Waals surface area contributed by atoms with E-state index in [1.807, 2.05) is 23.3 Å². The molecule has 3 nitrogen and oxygen atoms in total. The summed E-state index contributed by atoms with van der Waals surface area (Å²) in [5, 5.41) is 13.1. The quantitative estimate of drug-likeness (QED) is 0.765. The molecule has 0 amide bonds. The fourth-order valence-corrected chi connectivity index (χ4v) is 4.19. The van der Waals surface area contributed by atoms with Crippen LogP contribution in [0.3, 0.4) is 0 Å². The lowest BCUT2D eigenvalue weighted by Crippen LogP contribution is -2.35. The average Bonchev–Trinajstić information content (AvgIpc) is 3.38. The van der Waals surface area contributed by atoms with E-state index in [4.69, 9.17) is 16.4 Å². The van der Waals surface area contributed by atoms with Crippen LogP contribution in [-0.4, -0.2) is 28.5 Å². The van der Waals surface area contributed by atoms with Crippen molar-refractivity contribution in [2.45, 2.75) is 44.4 Å². The van der Waals surface area contributed by atoms with Crippen molar-refractivity contribution in [1.29, 1.82) is 0 Å². The Morgan fingerprint density at radius 2 is 1.92 bits per heavy atom. The molecular formula is C22H24ClNO2. The molecule has 4 rings (SSSR count). The lowest BCUT2D eigenvalue weighted by Gasteiger charge is -2.27. The first-order valence-corrected chi connectivity index (χ1v) is 9.67. The minimum absolute atomic E-state index is 0.317. The second-order valence-corrected chi connectivity index (χ2v) is 7.54. The third-order valence-electron chi connectivity index (χ3n) is 5.42. The monoisotopic (exact) mass is 369 g/mol. The zero-order valence-electron chi connectivity index (χ0n) is 15.0. The Bertz CT molecular complexity index is 803. The molecule has 2 fully saturated rings. The second kappa shape index (κ2) is 7.16. The van der Waals surface area contributed by atoms with Gasteiger partial charge in [-0.25, -0.2) is 0 Å². The van der Waals surface area contributed by atoms with Crippen LogP contribution in [0.15, 0.2) is 60.2 Å². The third kappa shape index (κ3) is 3.33. The number of hydrogen-bond acceptors (Lipinski definition) is 3. The molecule has 3 unspecified atom stereocenters. The van der Waals surface area contributed by atoms with Crippen LogP contribution in [0.25, 0.3) is 5.57 Å². The SMILES string of the molecule is CC/C(=C(/Cc1ccccc1)C12CC(O)CCN1O2)c1ccc(Cl)cc1. The van der Waals surface area contributed by atoms with Crippen LogP contribution in [0.1, 0.15) is 37.3 Å². The molecule has 2 aliphatic rings. The van der Waals surface area contributed by atoms with Gasteiger partial charge >= 0.3 is 0 Å². The van der Waals surface area contributed by atoms with E-state index in [-0.39, 0.29) is 6.10 Å². The van der Waals surface area contributed by atoms with Crippen LogP contribution >= 0.6 is 11.6 Å². The molecule has 136 valence electrons. The first-order valence-electron chi connectivity index (χ1n) is 9.29. The summed E-state index contributed by atoms with van der Waals surface area (Å²) < 4.78 is 0. The molecular weight excluding hydrogens is 346 g/mol. The molecule has 2 heterocycles. The number of halogens is 1. The Balaban J connectivity index is 1.80. The molecule has 2 saturated heterocycles. The normalized spacial score (nSPS) is 28.3. The van der Waals surface area contributed by atoms with Crippen LogP contribution in [0.4, 0.5) is 0 Å². The number of nitrogens with zero attached hydrogens (tertiary/aromatic N) is 1. The number of aliphatic hydroxyl groups is 1. The molecule has 0 radical (unpaired) electrons. The highest BCUT2D eigenvalue weighted by molar-refractivity contribution is 6.30. The van der Waals surface area contributed by atoms with Gasteiger partial charge in [-0.15, -0.1) is 5.06 Å². The highest BCUT2D eigenvalue weighted by Gasteiger charge is 2.61. The number of aliphatic hydroxyl groups excluding tert-OH is 1. The van der Waals surface area contributed by atoms with E-state index in [1.165, 1.54) is 22.3 Å². The summed E-state index contributed by atoms with van der Waals surface area (Å²) in [7, 11) is 0. The lowest BCUT2D eigenvalue weighted by atomic mass is 9.83. The van der Waals surface area contributed by atoms with Gasteiger partial charge in [-0.2, -0.15) is 0 Å². The first kappa shape index (κ1) is 17.7. The van der Waals surface area contributed by atoms with Crippen LogP contribution < -0.4 is 0 Å². The highest BCUT2D eigenvalue weighted by atomic mass is 35.5. The largest absolute Gasteiger partial charge is 0.393 e. The van der Waals surface area contributed by atoms with E-state index in [1.54, 1.807) is 0 Å². The molecule has 0 aliphatic carbocycles. The van der Waals surface area contributed by atoms with Crippen molar-refractivity contribution in [3.05, 3.63) is 76.3 Å². The number of rotatable bonds is 5. The van der Waals surface area contributed by atoms with E-state index >= 15 is 0 Å². The second-order valence-electron chi connectivity index (χ2n) is 7.10. The summed E-state index contributed by atoms with van der Waals surface area (Å²) in [6.45, 7) is 2.95. The van der Waals surface area contributed by atoms with Crippen LogP contribution in [0, 0.1) is 0 Å². The predicted molar refractivity (Wildman–Crippen MR) is 105 cm³/mol. The molecule has 0 saturated carbocycles. The molecule has 2 aliphatic heterocycles. The number of fused-ring (bicyclic) bond motifs is 1. The molecule has 2 aromatic rings. The van der Waals surface area contributed by atoms with Crippen molar-refractivity contribution in [3.8, 4) is 0 Å². The maximum absolute atomic E-state index is 10.3. The van der Waals surface area contributed by atoms with E-state index < -0.39 is 5.72 Å². The Hall–Kier alpha value is -1.65. The molecule has 0 spiro atoms. The fraction of sp³-hybridized carbons (Fsp3) is 0.364. The fourth-order valence-electron chi connectivity index (χ4n) is 4.07. The van der Waals surface area contributed by atoms with E-state index in [9.17, 15) is 5.11 Å². The number of hydroxylamine groups is 2. The molecule has 26 heavy (non-hydrogen) atoms. The van der Waals surface area contributed by atoms with Crippen molar-refractivity contribution in [1.82, 2.24) is 5.06 Å². The van der Waals surface area contributed by atoms with Gasteiger partial charge in [0.15, 0.2) is 5.72 Å². The Labute approximate surface area is 159 Å². The Morgan fingerprint density at radius 3 is 2.62 bits per heavy atom. The molecule has 3 atom stereocenters. The van der Waals surface area contributed by atoms with E-state index in [0.29, 0.717) is 6.42 Å². The van der Waals surface area contributed by atoms with Gasteiger partial charge in [0.2, 0.25) is 0 Å². The van der Waals surface area contributed by atoms with Gasteiger partial charge in [0, 0.05) is 18.0 Å². The zero-order chi connectivity index (χ0) is 18.1. The zero-order valence-corrected chi connectivity index (χ0v) is 15.7. The van der Waals surface area contributed by atoms with E-state index in [2.05, 4.69) is 43.3 Å². The summed E-state index contributed by atoms with van der Waals surface area (Å²) in [6, 6.07) is 18.5. The number of benzene rings is 2. The summed E-state index contributed by atoms with van der Waals surface area (Å²) >= 11 is 6.09. The molecule has 4 heteroatoms. The van der Waals surface area contributed by atoms with Crippen molar-refractivity contribution in [2.75, 3.05) is 6.54 Å². The van der Waals surface area contributed by atoms with E-state index in [0.717, 1.165) is 30.8 Å². The Morgan fingerprint density at radius 1 is 1.19 bits per heavy atom. The third-order valence-corrected chi connectivity index (χ3v) is 5.67. The maximum Gasteiger partial charge on any atom is 0.189 e. The van der Waals surface area contributed by atoms with Crippen LogP contribution in [0.2, 0.25) is 5.02 Å². The van der Waals surface area contributed by atoms with Crippen LogP contribution in [-0.2, 0) is 11.3 Å². The number of piperidine rings is 1. The molecule has 2 aromatic carbocycles. The van der Waals surface area contributed by atoms with Gasteiger partial charge in [-0.3, -0.25) is 4.84 Å². The smallest absolute Gasteiger partial charge is 0.189 e. The van der Waals surface area contributed by atoms with Gasteiger partial charge in [0.05, 0.1) is 6.10 Å². The topological polar surface area (TPSA) is 35.8 Å². The van der Waals surface area contributed by atoms with Gasteiger partial charge in [-0.1, -0.05) is 61.0 Å². The molecule has 1 N–H and O–H groups in total. The van der Waals surface area contributed by atoms with Crippen molar-refractivity contribution < 1.29 is 9.94 Å². The highest BCUT2D eigenvalue weighted by Crippen LogP contribution is 2.52. The summed E-state index contributed by atoms with van der Waals surface area (Å²) in [6.07, 6.45) is 2.80. The molecule has 0 aromatic heterocycles. The lowest BCUT2D eigenvalue weighted by molar-refractivity contribution is 0.105. The minimum atomic E-state index is -0.460. The van der Waals surface area contributed by atoms with Gasteiger partial charge in [0.25, 0.3) is 0 Å². The van der Waals surface area contributed by atoms with Crippen molar-refractivity contribution in [2.24, 2.45) is 0 Å². The van der Waals surface area contributed by atoms with Crippen molar-refractivity contribution >= 4 is 17.2 Å². The summed E-state index contributed by atoms with van der Waals surface area (Å²) in [5.41, 5.74) is 4.51. The van der Waals surface area contributed by atoms with Crippen LogP contribution in [0.5, 0.6) is 0 Å².